The monoisotopic (exact) mass is 1210 g/mol. The average molecular weight is 1210 g/mol. The maximum atomic E-state index is 15.5. The van der Waals surface area contributed by atoms with Gasteiger partial charge in [0.1, 0.15) is 34.5 Å². The van der Waals surface area contributed by atoms with Gasteiger partial charge in [0.05, 0.1) is 80.9 Å². The Kier molecular flexibility index (Phi) is 18.4. The molecule has 2 bridgehead atoms. The number of carbonyl (C=O) groups excluding carboxylic acids is 3. The number of nitrogen functional groups attached to an aromatic ring is 1. The summed E-state index contributed by atoms with van der Waals surface area (Å²) in [4.78, 5) is 67.3. The fourth-order valence-corrected chi connectivity index (χ4v) is 12.4. The summed E-state index contributed by atoms with van der Waals surface area (Å²) in [7, 11) is 1.64. The molecule has 2 aromatic heterocycles. The van der Waals surface area contributed by atoms with Gasteiger partial charge in [-0.05, 0) is 116 Å². The zero-order chi connectivity index (χ0) is 61.1. The van der Waals surface area contributed by atoms with Crippen molar-refractivity contribution < 1.29 is 33.0 Å². The molecule has 6 heterocycles. The molecule has 4 aliphatic heterocycles. The van der Waals surface area contributed by atoms with Gasteiger partial charge in [-0.15, -0.1) is 0 Å². The van der Waals surface area contributed by atoms with E-state index in [1.54, 1.807) is 11.7 Å². The van der Waals surface area contributed by atoms with Crippen molar-refractivity contribution in [1.82, 2.24) is 44.7 Å². The number of nitriles is 1. The number of carbonyl (C=O) groups is 3. The highest BCUT2D eigenvalue weighted by Crippen LogP contribution is 2.54. The van der Waals surface area contributed by atoms with Crippen LogP contribution in [0, 0.1) is 17.1 Å². The van der Waals surface area contributed by atoms with Crippen LogP contribution in [0.3, 0.4) is 0 Å². The van der Waals surface area contributed by atoms with Gasteiger partial charge in [-0.3, -0.25) is 29.1 Å². The fraction of sp³-hybridized carbons (Fsp3) is 0.438. The van der Waals surface area contributed by atoms with Crippen molar-refractivity contribution in [3.63, 3.8) is 0 Å². The van der Waals surface area contributed by atoms with E-state index < -0.39 is 16.9 Å². The summed E-state index contributed by atoms with van der Waals surface area (Å²) in [6, 6.07) is 27.3. The van der Waals surface area contributed by atoms with Crippen LogP contribution in [0.25, 0.3) is 11.3 Å². The van der Waals surface area contributed by atoms with Crippen LogP contribution in [0.1, 0.15) is 116 Å². The normalized spacial score (nSPS) is 19.7. The van der Waals surface area contributed by atoms with E-state index in [1.165, 1.54) is 29.3 Å². The van der Waals surface area contributed by atoms with Gasteiger partial charge in [0.2, 0.25) is 5.91 Å². The lowest BCUT2D eigenvalue weighted by molar-refractivity contribution is -0.122. The van der Waals surface area contributed by atoms with Gasteiger partial charge in [0.15, 0.2) is 17.3 Å². The Morgan fingerprint density at radius 3 is 2.26 bits per heavy atom. The maximum absolute atomic E-state index is 15.5. The second-order valence-electron chi connectivity index (χ2n) is 23.5. The lowest BCUT2D eigenvalue weighted by atomic mass is 9.71. The number of ether oxygens (including phenoxy) is 3. The molecule has 4 aromatic carbocycles. The van der Waals surface area contributed by atoms with Crippen molar-refractivity contribution in [3.8, 4) is 23.1 Å². The Labute approximate surface area is 511 Å². The Balaban J connectivity index is 0.726. The first-order valence-corrected chi connectivity index (χ1v) is 30.1. The molecule has 2 saturated heterocycles. The van der Waals surface area contributed by atoms with Gasteiger partial charge in [0.25, 0.3) is 5.91 Å². The number of hydrogen-bond donors (Lipinski definition) is 2. The minimum atomic E-state index is -1.05. The van der Waals surface area contributed by atoms with Gasteiger partial charge in [0, 0.05) is 74.9 Å². The molecular weight excluding hydrogens is 1140 g/mol. The third kappa shape index (κ3) is 12.3. The van der Waals surface area contributed by atoms with Crippen LogP contribution >= 0.6 is 23.2 Å². The number of fused-ring (bicyclic) bond motifs is 8. The summed E-state index contributed by atoms with van der Waals surface area (Å²) in [5.74, 6) is 0.684. The van der Waals surface area contributed by atoms with Crippen LogP contribution in [0.5, 0.6) is 5.75 Å². The third-order valence-electron chi connectivity index (χ3n) is 17.1. The van der Waals surface area contributed by atoms with Crippen molar-refractivity contribution in [1.29, 1.82) is 5.26 Å². The number of amidine groups is 1. The zero-order valence-corrected chi connectivity index (χ0v) is 51.4. The summed E-state index contributed by atoms with van der Waals surface area (Å²) >= 11 is 13.0. The van der Waals surface area contributed by atoms with Gasteiger partial charge >= 0.3 is 6.03 Å². The molecule has 0 unspecified atom stereocenters. The number of amides is 4. The summed E-state index contributed by atoms with van der Waals surface area (Å²) in [5, 5.41) is 19.0. The van der Waals surface area contributed by atoms with E-state index in [0.717, 1.165) is 28.7 Å². The topological polar surface area (TPSA) is 213 Å². The largest absolute Gasteiger partial charge is 0.493 e. The van der Waals surface area contributed by atoms with Crippen LogP contribution in [0.15, 0.2) is 96.1 Å². The van der Waals surface area contributed by atoms with E-state index in [-0.39, 0.29) is 80.1 Å². The summed E-state index contributed by atoms with van der Waals surface area (Å²) in [6.07, 6.45) is 3.00. The minimum absolute atomic E-state index is 0.0242. The molecule has 4 amide bonds. The van der Waals surface area contributed by atoms with E-state index in [0.29, 0.717) is 121 Å². The maximum Gasteiger partial charge on any atom is 0.326 e. The molecule has 19 nitrogen and oxygen atoms in total. The molecule has 6 aromatic rings. The zero-order valence-electron chi connectivity index (χ0n) is 49.8. The molecule has 452 valence electrons. The number of nitrogens with zero attached hydrogens (tertiary/aromatic N) is 11. The lowest BCUT2D eigenvalue weighted by Crippen LogP contribution is -2.60. The van der Waals surface area contributed by atoms with Gasteiger partial charge in [-0.2, -0.15) is 10.4 Å². The van der Waals surface area contributed by atoms with Crippen LogP contribution in [0.4, 0.5) is 20.8 Å². The lowest BCUT2D eigenvalue weighted by Gasteiger charge is -2.47. The molecule has 0 spiro atoms. The van der Waals surface area contributed by atoms with E-state index in [4.69, 9.17) is 53.1 Å². The smallest absolute Gasteiger partial charge is 0.326 e. The molecule has 22 heteroatoms. The number of aromatic nitrogens is 4. The number of anilines is 2. The Hall–Kier alpha value is -7.67. The summed E-state index contributed by atoms with van der Waals surface area (Å²) < 4.78 is 34.6. The molecule has 3 atom stereocenters. The Morgan fingerprint density at radius 2 is 1.57 bits per heavy atom. The summed E-state index contributed by atoms with van der Waals surface area (Å²) in [6.45, 7) is 18.1. The number of urea groups is 1. The van der Waals surface area contributed by atoms with E-state index in [1.807, 2.05) is 76.2 Å². The highest BCUT2D eigenvalue weighted by atomic mass is 35.5. The standard InChI is InChI=1S/C64H74Cl2FN13O6/c1-8-86-54-36-43(62(2,3)4)15-21-48(54)58-73-63(5,41-11-16-44(65)17-12-41)64(6,42-13-18-45(66)19-14-42)80(58)61(83)77-29-27-76(28-30-77)31-33-85-35-34-84-32-23-55(81)70-24-26-79-53-40-75(7)60(82)47-22-20-46(67)37-49(47)52-10-9-25-78(52)59-57(69)71-39-51(72-59)56(53)50(38-68)74-79/h11-22,36-37,39,52H,8-10,23-35,40H2,1-7H3,(H2,69,71)(H,70,81)/t52-,63+,64-/m1/s1. The van der Waals surface area contributed by atoms with Crippen molar-refractivity contribution in [3.05, 3.63) is 152 Å². The van der Waals surface area contributed by atoms with Gasteiger partial charge in [-0.25, -0.2) is 19.2 Å². The van der Waals surface area contributed by atoms with Crippen LogP contribution in [0.2, 0.25) is 10.0 Å². The number of nitrogens with two attached hydrogens (primary N) is 1. The average Bonchev–Trinajstić information content (AvgIpc) is 1.53. The number of nitrogens with one attached hydrogen (secondary N) is 1. The predicted molar refractivity (Wildman–Crippen MR) is 329 cm³/mol. The molecule has 0 saturated carbocycles. The Morgan fingerprint density at radius 1 is 0.884 bits per heavy atom. The highest BCUT2D eigenvalue weighted by Gasteiger charge is 2.60. The quantitative estimate of drug-likeness (QED) is 0.0815. The fourth-order valence-electron chi connectivity index (χ4n) is 12.2. The van der Waals surface area contributed by atoms with Crippen molar-refractivity contribution in [2.75, 3.05) is 96.5 Å². The van der Waals surface area contributed by atoms with Crippen LogP contribution < -0.4 is 20.7 Å². The predicted octanol–water partition coefficient (Wildman–Crippen LogP) is 9.73. The van der Waals surface area contributed by atoms with E-state index in [2.05, 4.69) is 73.1 Å². The molecule has 0 radical (unpaired) electrons. The molecular formula is C64H74Cl2FN13O6. The molecule has 86 heavy (non-hydrogen) atoms. The van der Waals surface area contributed by atoms with Gasteiger partial charge < -0.3 is 40.0 Å². The first-order chi connectivity index (χ1) is 41.2. The number of aliphatic imine (C=N–C) groups is 1. The number of benzene rings is 4. The Bertz CT molecular complexity index is 3560. The number of halogens is 3. The van der Waals surface area contributed by atoms with Crippen molar-refractivity contribution in [2.45, 2.75) is 96.4 Å². The second kappa shape index (κ2) is 25.7. The highest BCUT2D eigenvalue weighted by molar-refractivity contribution is 6.30. The molecule has 4 aliphatic rings. The van der Waals surface area contributed by atoms with E-state index >= 15 is 4.79 Å². The number of piperazine rings is 1. The SMILES string of the molecule is CCOc1cc(C(C)(C)C)ccc1C1=N[C@@](C)(c2ccc(Cl)cc2)[C@@](C)(c2ccc(Cl)cc2)N1C(=O)N1CCN(CCOCCOCCC(=O)NCCn2nc(C#N)c3c2CN(C)C(=O)c2ccc(F)cc2[C@H]2CCCN2c2nc-3cnc2N)CC1. The minimum Gasteiger partial charge on any atom is -0.493 e. The third-order valence-corrected chi connectivity index (χ3v) is 17.6. The van der Waals surface area contributed by atoms with Crippen molar-refractivity contribution in [2.24, 2.45) is 4.99 Å². The second-order valence-corrected chi connectivity index (χ2v) is 24.3. The number of rotatable bonds is 17. The molecule has 0 aliphatic carbocycles. The van der Waals surface area contributed by atoms with Crippen LogP contribution in [-0.2, 0) is 43.9 Å². The first kappa shape index (κ1) is 61.4. The van der Waals surface area contributed by atoms with Crippen LogP contribution in [-0.4, -0.2) is 149 Å². The van der Waals surface area contributed by atoms with Crippen molar-refractivity contribution >= 4 is 58.5 Å². The molecule has 3 N–H and O–H groups in total. The van der Waals surface area contributed by atoms with E-state index in [9.17, 15) is 19.2 Å². The van der Waals surface area contributed by atoms with Gasteiger partial charge in [-0.1, -0.05) is 74.3 Å². The number of hydrogen-bond acceptors (Lipinski definition) is 14. The molecule has 10 rings (SSSR count). The first-order valence-electron chi connectivity index (χ1n) is 29.3. The summed E-state index contributed by atoms with van der Waals surface area (Å²) in [5.41, 5.74) is 10.0. The molecule has 2 fully saturated rings.